The third kappa shape index (κ3) is 2.49. The van der Waals surface area contributed by atoms with Gasteiger partial charge in [-0.2, -0.15) is 5.10 Å². The molecule has 2 heterocycles. The van der Waals surface area contributed by atoms with Crippen molar-refractivity contribution < 1.29 is 4.79 Å². The van der Waals surface area contributed by atoms with Crippen LogP contribution in [0.3, 0.4) is 0 Å². The van der Waals surface area contributed by atoms with Crippen LogP contribution < -0.4 is 10.9 Å². The van der Waals surface area contributed by atoms with E-state index in [0.29, 0.717) is 0 Å². The average molecular weight is 274 g/mol. The summed E-state index contributed by atoms with van der Waals surface area (Å²) in [4.78, 5) is 26.2. The van der Waals surface area contributed by atoms with Crippen LogP contribution in [0.2, 0.25) is 0 Å². The minimum absolute atomic E-state index is 0.110. The summed E-state index contributed by atoms with van der Waals surface area (Å²) in [5, 5.41) is 7.16. The van der Waals surface area contributed by atoms with Crippen molar-refractivity contribution in [1.29, 1.82) is 0 Å². The standard InChI is InChI=1S/C14H18N4O2/c1-8(12-9(2)17-18(4)10(12)3)16-14(20)11-6-5-7-15-13(11)19/h5-8H,1-4H3,(H,15,19)(H,16,20)/t8-/m1/s1. The van der Waals surface area contributed by atoms with Crippen molar-refractivity contribution in [2.45, 2.75) is 26.8 Å². The summed E-state index contributed by atoms with van der Waals surface area (Å²) in [6.07, 6.45) is 1.50. The smallest absolute Gasteiger partial charge is 0.260 e. The molecule has 0 aliphatic carbocycles. The Bertz CT molecular complexity index is 699. The molecule has 0 bridgehead atoms. The van der Waals surface area contributed by atoms with Crippen molar-refractivity contribution in [1.82, 2.24) is 20.1 Å². The first-order valence-corrected chi connectivity index (χ1v) is 6.40. The molecule has 0 radical (unpaired) electrons. The van der Waals surface area contributed by atoms with E-state index in [1.807, 2.05) is 27.8 Å². The first-order chi connectivity index (χ1) is 9.41. The Morgan fingerprint density at radius 3 is 2.70 bits per heavy atom. The number of amides is 1. The molecule has 0 aromatic carbocycles. The maximum Gasteiger partial charge on any atom is 0.260 e. The van der Waals surface area contributed by atoms with Gasteiger partial charge in [-0.1, -0.05) is 0 Å². The maximum atomic E-state index is 12.1. The predicted octanol–water partition coefficient (Wildman–Crippen LogP) is 1.22. The second-order valence-electron chi connectivity index (χ2n) is 4.82. The molecule has 0 saturated heterocycles. The quantitative estimate of drug-likeness (QED) is 0.883. The van der Waals surface area contributed by atoms with Crippen LogP contribution in [0.15, 0.2) is 23.1 Å². The molecule has 1 atom stereocenters. The van der Waals surface area contributed by atoms with Crippen molar-refractivity contribution in [3.8, 4) is 0 Å². The molecule has 106 valence electrons. The fourth-order valence-electron chi connectivity index (χ4n) is 2.36. The number of H-pyrrole nitrogens is 1. The van der Waals surface area contributed by atoms with E-state index in [0.717, 1.165) is 17.0 Å². The Labute approximate surface area is 116 Å². The van der Waals surface area contributed by atoms with Gasteiger partial charge in [0.1, 0.15) is 5.56 Å². The minimum Gasteiger partial charge on any atom is -0.345 e. The summed E-state index contributed by atoms with van der Waals surface area (Å²) in [5.41, 5.74) is 2.57. The normalized spacial score (nSPS) is 12.2. The van der Waals surface area contributed by atoms with Crippen LogP contribution in [0.1, 0.15) is 40.3 Å². The van der Waals surface area contributed by atoms with Crippen molar-refractivity contribution in [3.05, 3.63) is 51.2 Å². The molecular formula is C14H18N4O2. The summed E-state index contributed by atoms with van der Waals surface area (Å²) >= 11 is 0. The van der Waals surface area contributed by atoms with Crippen molar-refractivity contribution in [2.24, 2.45) is 7.05 Å². The van der Waals surface area contributed by atoms with Crippen LogP contribution in [0.25, 0.3) is 0 Å². The Hall–Kier alpha value is -2.37. The zero-order valence-electron chi connectivity index (χ0n) is 12.0. The number of nitrogens with zero attached hydrogens (tertiary/aromatic N) is 2. The molecule has 0 fully saturated rings. The van der Waals surface area contributed by atoms with Crippen molar-refractivity contribution in [2.75, 3.05) is 0 Å². The third-order valence-corrected chi connectivity index (χ3v) is 3.41. The first-order valence-electron chi connectivity index (χ1n) is 6.40. The van der Waals surface area contributed by atoms with Gasteiger partial charge < -0.3 is 10.3 Å². The highest BCUT2D eigenvalue weighted by atomic mass is 16.2. The Balaban J connectivity index is 2.24. The lowest BCUT2D eigenvalue weighted by Gasteiger charge is -2.14. The van der Waals surface area contributed by atoms with Crippen LogP contribution >= 0.6 is 0 Å². The fourth-order valence-corrected chi connectivity index (χ4v) is 2.36. The number of hydrogen-bond acceptors (Lipinski definition) is 3. The molecule has 0 aliphatic rings. The van der Waals surface area contributed by atoms with Crippen LogP contribution in [0, 0.1) is 13.8 Å². The predicted molar refractivity (Wildman–Crippen MR) is 75.6 cm³/mol. The minimum atomic E-state index is -0.392. The molecule has 2 rings (SSSR count). The second kappa shape index (κ2) is 5.32. The van der Waals surface area contributed by atoms with Crippen LogP contribution in [-0.2, 0) is 7.05 Å². The van der Waals surface area contributed by atoms with E-state index in [9.17, 15) is 9.59 Å². The lowest BCUT2D eigenvalue weighted by atomic mass is 10.1. The van der Waals surface area contributed by atoms with Crippen molar-refractivity contribution in [3.63, 3.8) is 0 Å². The summed E-state index contributed by atoms with van der Waals surface area (Å²) in [7, 11) is 1.86. The lowest BCUT2D eigenvalue weighted by molar-refractivity contribution is 0.0938. The van der Waals surface area contributed by atoms with Gasteiger partial charge >= 0.3 is 0 Å². The highest BCUT2D eigenvalue weighted by Gasteiger charge is 2.19. The summed E-state index contributed by atoms with van der Waals surface area (Å²) in [5.74, 6) is -0.387. The third-order valence-electron chi connectivity index (χ3n) is 3.41. The zero-order chi connectivity index (χ0) is 14.9. The number of hydrogen-bond donors (Lipinski definition) is 2. The number of carbonyl (C=O) groups excluding carboxylic acids is 1. The monoisotopic (exact) mass is 274 g/mol. The molecule has 2 aromatic heterocycles. The Morgan fingerprint density at radius 1 is 1.45 bits per heavy atom. The highest BCUT2D eigenvalue weighted by Crippen LogP contribution is 2.20. The number of aromatic nitrogens is 3. The molecule has 6 nitrogen and oxygen atoms in total. The molecule has 0 unspecified atom stereocenters. The SMILES string of the molecule is Cc1nn(C)c(C)c1[C@@H](C)NC(=O)c1ccc[nH]c1=O. The van der Waals surface area contributed by atoms with E-state index in [1.54, 1.807) is 10.7 Å². The molecule has 0 spiro atoms. The van der Waals surface area contributed by atoms with Gasteiger partial charge in [0, 0.05) is 24.5 Å². The molecule has 20 heavy (non-hydrogen) atoms. The number of aromatic amines is 1. The maximum absolute atomic E-state index is 12.1. The molecule has 2 aromatic rings. The molecule has 1 amide bonds. The average Bonchev–Trinajstić information content (AvgIpc) is 2.63. The Morgan fingerprint density at radius 2 is 2.15 bits per heavy atom. The first kappa shape index (κ1) is 14.0. The van der Waals surface area contributed by atoms with Gasteiger partial charge in [0.05, 0.1) is 11.7 Å². The van der Waals surface area contributed by atoms with Gasteiger partial charge in [-0.25, -0.2) is 0 Å². The number of carbonyl (C=O) groups is 1. The summed E-state index contributed by atoms with van der Waals surface area (Å²) < 4.78 is 1.78. The topological polar surface area (TPSA) is 79.8 Å². The van der Waals surface area contributed by atoms with Gasteiger partial charge in [0.2, 0.25) is 0 Å². The van der Waals surface area contributed by atoms with Crippen LogP contribution in [-0.4, -0.2) is 20.7 Å². The molecule has 0 aliphatic heterocycles. The zero-order valence-corrected chi connectivity index (χ0v) is 12.0. The van der Waals surface area contributed by atoms with Crippen LogP contribution in [0.4, 0.5) is 0 Å². The number of aryl methyl sites for hydroxylation is 2. The van der Waals surface area contributed by atoms with Gasteiger partial charge in [-0.3, -0.25) is 14.3 Å². The van der Waals surface area contributed by atoms with E-state index in [1.165, 1.54) is 12.3 Å². The summed E-state index contributed by atoms with van der Waals surface area (Å²) in [6, 6.07) is 2.92. The molecule has 2 N–H and O–H groups in total. The van der Waals surface area contributed by atoms with Gasteiger partial charge in [0.15, 0.2) is 0 Å². The largest absolute Gasteiger partial charge is 0.345 e. The Kier molecular flexibility index (Phi) is 3.74. The number of pyridine rings is 1. The van der Waals surface area contributed by atoms with E-state index in [2.05, 4.69) is 15.4 Å². The second-order valence-corrected chi connectivity index (χ2v) is 4.82. The molecule has 6 heteroatoms. The van der Waals surface area contributed by atoms with Gasteiger partial charge in [0.25, 0.3) is 11.5 Å². The van der Waals surface area contributed by atoms with E-state index in [4.69, 9.17) is 0 Å². The van der Waals surface area contributed by atoms with Gasteiger partial charge in [-0.15, -0.1) is 0 Å². The van der Waals surface area contributed by atoms with Crippen LogP contribution in [0.5, 0.6) is 0 Å². The summed E-state index contributed by atoms with van der Waals surface area (Å²) in [6.45, 7) is 5.74. The van der Waals surface area contributed by atoms with E-state index in [-0.39, 0.29) is 17.5 Å². The highest BCUT2D eigenvalue weighted by molar-refractivity contribution is 5.94. The lowest BCUT2D eigenvalue weighted by Crippen LogP contribution is -2.31. The molecular weight excluding hydrogens is 256 g/mol. The number of nitrogens with one attached hydrogen (secondary N) is 2. The van der Waals surface area contributed by atoms with E-state index >= 15 is 0 Å². The van der Waals surface area contributed by atoms with E-state index < -0.39 is 5.56 Å². The number of rotatable bonds is 3. The fraction of sp³-hybridized carbons (Fsp3) is 0.357. The molecule has 0 saturated carbocycles. The van der Waals surface area contributed by atoms with Gasteiger partial charge in [-0.05, 0) is 32.9 Å². The van der Waals surface area contributed by atoms with Crippen molar-refractivity contribution >= 4 is 5.91 Å².